The lowest BCUT2D eigenvalue weighted by Gasteiger charge is -2.14. The number of fused-ring (bicyclic) bond motifs is 1. The second-order valence-electron chi connectivity index (χ2n) is 3.69. The number of alkyl halides is 2. The molecule has 0 saturated heterocycles. The first-order valence-electron chi connectivity index (χ1n) is 5.06. The van der Waals surface area contributed by atoms with Crippen LogP contribution in [0.5, 0.6) is 0 Å². The van der Waals surface area contributed by atoms with E-state index in [-0.39, 0.29) is 5.69 Å². The molecule has 2 rings (SSSR count). The molecule has 1 heterocycles. The van der Waals surface area contributed by atoms with Crippen molar-refractivity contribution in [2.24, 2.45) is 0 Å². The summed E-state index contributed by atoms with van der Waals surface area (Å²) in [7, 11) is 1.33. The van der Waals surface area contributed by atoms with Gasteiger partial charge in [-0.2, -0.15) is 5.10 Å². The van der Waals surface area contributed by atoms with E-state index in [9.17, 15) is 13.6 Å². The number of hydrogen-bond acceptors (Lipinski definition) is 2. The Morgan fingerprint density at radius 1 is 1.47 bits per heavy atom. The highest BCUT2D eigenvalue weighted by Gasteiger charge is 2.20. The molecular weight excluding hydrogens is 228 g/mol. The highest BCUT2D eigenvalue weighted by atomic mass is 19.3. The third-order valence-corrected chi connectivity index (χ3v) is 2.43. The van der Waals surface area contributed by atoms with E-state index in [0.29, 0.717) is 10.9 Å². The average Bonchev–Trinajstić information content (AvgIpc) is 2.70. The Bertz CT molecular complexity index is 538. The minimum Gasteiger partial charge on any atom is -0.335 e. The molecule has 0 radical (unpaired) electrons. The second kappa shape index (κ2) is 4.48. The summed E-state index contributed by atoms with van der Waals surface area (Å²) in [6, 6.07) is 7.06. The van der Waals surface area contributed by atoms with Crippen molar-refractivity contribution < 1.29 is 13.6 Å². The monoisotopic (exact) mass is 239 g/mol. The molecule has 0 saturated carbocycles. The van der Waals surface area contributed by atoms with E-state index in [4.69, 9.17) is 0 Å². The van der Waals surface area contributed by atoms with Crippen LogP contribution < -0.4 is 0 Å². The quantitative estimate of drug-likeness (QED) is 0.889. The van der Waals surface area contributed by atoms with Crippen LogP contribution in [0.25, 0.3) is 10.9 Å². The Morgan fingerprint density at radius 3 is 2.88 bits per heavy atom. The van der Waals surface area contributed by atoms with E-state index in [2.05, 4.69) is 10.2 Å². The van der Waals surface area contributed by atoms with E-state index >= 15 is 0 Å². The Balaban J connectivity index is 2.30. The van der Waals surface area contributed by atoms with E-state index in [1.54, 1.807) is 24.3 Å². The molecule has 0 fully saturated rings. The number of para-hydroxylation sites is 1. The van der Waals surface area contributed by atoms with Gasteiger partial charge in [-0.05, 0) is 6.07 Å². The van der Waals surface area contributed by atoms with Crippen molar-refractivity contribution in [3.63, 3.8) is 0 Å². The molecule has 4 nitrogen and oxygen atoms in total. The van der Waals surface area contributed by atoms with Crippen LogP contribution in [0.2, 0.25) is 0 Å². The summed E-state index contributed by atoms with van der Waals surface area (Å²) in [5.41, 5.74) is 0.880. The first-order valence-corrected chi connectivity index (χ1v) is 5.06. The van der Waals surface area contributed by atoms with Gasteiger partial charge in [-0.1, -0.05) is 18.2 Å². The van der Waals surface area contributed by atoms with Crippen LogP contribution in [-0.2, 0) is 0 Å². The first-order chi connectivity index (χ1) is 8.09. The van der Waals surface area contributed by atoms with Crippen molar-refractivity contribution in [2.75, 3.05) is 13.6 Å². The molecule has 0 atom stereocenters. The number of carbonyl (C=O) groups is 1. The topological polar surface area (TPSA) is 49.0 Å². The number of hydrogen-bond donors (Lipinski definition) is 1. The zero-order valence-electron chi connectivity index (χ0n) is 9.15. The first kappa shape index (κ1) is 11.5. The van der Waals surface area contributed by atoms with Gasteiger partial charge < -0.3 is 4.90 Å². The minimum atomic E-state index is -2.55. The molecule has 6 heteroatoms. The molecule has 17 heavy (non-hydrogen) atoms. The van der Waals surface area contributed by atoms with E-state index in [1.165, 1.54) is 7.05 Å². The van der Waals surface area contributed by atoms with Crippen molar-refractivity contribution in [1.82, 2.24) is 15.1 Å². The third-order valence-electron chi connectivity index (χ3n) is 2.43. The summed E-state index contributed by atoms with van der Waals surface area (Å²) in [5, 5.41) is 7.19. The van der Waals surface area contributed by atoms with Gasteiger partial charge in [-0.25, -0.2) is 8.78 Å². The zero-order valence-corrected chi connectivity index (χ0v) is 9.15. The zero-order chi connectivity index (χ0) is 12.4. The summed E-state index contributed by atoms with van der Waals surface area (Å²) < 4.78 is 24.4. The summed E-state index contributed by atoms with van der Waals surface area (Å²) in [6.45, 7) is -0.597. The van der Waals surface area contributed by atoms with E-state index < -0.39 is 18.9 Å². The number of halogens is 2. The number of H-pyrrole nitrogens is 1. The second-order valence-corrected chi connectivity index (χ2v) is 3.69. The van der Waals surface area contributed by atoms with Crippen LogP contribution in [-0.4, -0.2) is 41.0 Å². The number of carbonyl (C=O) groups excluding carboxylic acids is 1. The fourth-order valence-corrected chi connectivity index (χ4v) is 1.60. The number of aromatic nitrogens is 2. The van der Waals surface area contributed by atoms with Gasteiger partial charge in [0.05, 0.1) is 12.1 Å². The number of benzene rings is 1. The third kappa shape index (κ3) is 2.25. The van der Waals surface area contributed by atoms with Crippen LogP contribution in [0.4, 0.5) is 8.78 Å². The average molecular weight is 239 g/mol. The molecule has 0 unspecified atom stereocenters. The molecule has 0 aliphatic rings. The molecule has 0 bridgehead atoms. The van der Waals surface area contributed by atoms with Crippen molar-refractivity contribution in [3.05, 3.63) is 30.0 Å². The van der Waals surface area contributed by atoms with Crippen LogP contribution in [0.15, 0.2) is 24.3 Å². The summed E-state index contributed by atoms with van der Waals surface area (Å²) >= 11 is 0. The Hall–Kier alpha value is -1.98. The SMILES string of the molecule is CN(CC(F)F)C(=O)c1n[nH]c2ccccc12. The van der Waals surface area contributed by atoms with Crippen LogP contribution in [0, 0.1) is 0 Å². The molecule has 0 spiro atoms. The van der Waals surface area contributed by atoms with Crippen molar-refractivity contribution in [2.45, 2.75) is 6.43 Å². The fourth-order valence-electron chi connectivity index (χ4n) is 1.60. The molecule has 2 aromatic rings. The Labute approximate surface area is 96.2 Å². The summed E-state index contributed by atoms with van der Waals surface area (Å²) in [4.78, 5) is 12.8. The number of nitrogens with zero attached hydrogens (tertiary/aromatic N) is 2. The normalized spacial score (nSPS) is 11.1. The van der Waals surface area contributed by atoms with Crippen molar-refractivity contribution >= 4 is 16.8 Å². The fraction of sp³-hybridized carbons (Fsp3) is 0.273. The lowest BCUT2D eigenvalue weighted by Crippen LogP contribution is -2.31. The summed E-state index contributed by atoms with van der Waals surface area (Å²) in [6.07, 6.45) is -2.55. The maximum Gasteiger partial charge on any atom is 0.274 e. The predicted octanol–water partition coefficient (Wildman–Crippen LogP) is 1.90. The van der Waals surface area contributed by atoms with Gasteiger partial charge in [0.1, 0.15) is 0 Å². The van der Waals surface area contributed by atoms with Gasteiger partial charge >= 0.3 is 0 Å². The lowest BCUT2D eigenvalue weighted by atomic mass is 10.2. The van der Waals surface area contributed by atoms with E-state index in [1.807, 2.05) is 0 Å². The van der Waals surface area contributed by atoms with Crippen LogP contribution >= 0.6 is 0 Å². The number of rotatable bonds is 3. The maximum atomic E-state index is 12.2. The molecule has 0 aliphatic carbocycles. The molecule has 1 amide bonds. The smallest absolute Gasteiger partial charge is 0.274 e. The molecule has 1 N–H and O–H groups in total. The van der Waals surface area contributed by atoms with Crippen LogP contribution in [0.1, 0.15) is 10.5 Å². The van der Waals surface area contributed by atoms with Gasteiger partial charge in [-0.3, -0.25) is 9.89 Å². The standard InChI is InChI=1S/C11H11F2N3O/c1-16(6-9(12)13)11(17)10-7-4-2-3-5-8(7)14-15-10/h2-5,9H,6H2,1H3,(H,14,15). The largest absolute Gasteiger partial charge is 0.335 e. The molecule has 90 valence electrons. The highest BCUT2D eigenvalue weighted by molar-refractivity contribution is 6.04. The van der Waals surface area contributed by atoms with Crippen molar-refractivity contribution in [1.29, 1.82) is 0 Å². The van der Waals surface area contributed by atoms with Gasteiger partial charge in [0, 0.05) is 12.4 Å². The Kier molecular flexibility index (Phi) is 3.03. The molecule has 0 aliphatic heterocycles. The number of nitrogens with one attached hydrogen (secondary N) is 1. The summed E-state index contributed by atoms with van der Waals surface area (Å²) in [5.74, 6) is -0.511. The molecular formula is C11H11F2N3O. The van der Waals surface area contributed by atoms with Gasteiger partial charge in [0.15, 0.2) is 5.69 Å². The van der Waals surface area contributed by atoms with E-state index in [0.717, 1.165) is 4.90 Å². The maximum absolute atomic E-state index is 12.2. The highest BCUT2D eigenvalue weighted by Crippen LogP contribution is 2.16. The lowest BCUT2D eigenvalue weighted by molar-refractivity contribution is 0.0617. The number of amides is 1. The van der Waals surface area contributed by atoms with Gasteiger partial charge in [-0.15, -0.1) is 0 Å². The number of aromatic amines is 1. The van der Waals surface area contributed by atoms with Gasteiger partial charge in [0.2, 0.25) is 0 Å². The Morgan fingerprint density at radius 2 is 2.18 bits per heavy atom. The van der Waals surface area contributed by atoms with Crippen molar-refractivity contribution in [3.8, 4) is 0 Å². The molecule has 1 aromatic carbocycles. The van der Waals surface area contributed by atoms with Gasteiger partial charge in [0.25, 0.3) is 12.3 Å². The van der Waals surface area contributed by atoms with Crippen LogP contribution in [0.3, 0.4) is 0 Å². The molecule has 1 aromatic heterocycles. The predicted molar refractivity (Wildman–Crippen MR) is 59.1 cm³/mol. The minimum absolute atomic E-state index is 0.170.